The van der Waals surface area contributed by atoms with Crippen LogP contribution in [-0.2, 0) is 16.0 Å². The van der Waals surface area contributed by atoms with Crippen LogP contribution in [0.1, 0.15) is 27.4 Å². The van der Waals surface area contributed by atoms with Crippen molar-refractivity contribution in [1.82, 2.24) is 20.6 Å². The number of imidazole rings is 1. The Balaban J connectivity index is 0.00000400. The third-order valence-electron chi connectivity index (χ3n) is 3.00. The van der Waals surface area contributed by atoms with Gasteiger partial charge >= 0.3 is 0 Å². The fourth-order valence-electron chi connectivity index (χ4n) is 1.85. The minimum absolute atomic E-state index is 0. The van der Waals surface area contributed by atoms with Crippen molar-refractivity contribution in [3.63, 3.8) is 0 Å². The molecule has 0 saturated carbocycles. The summed E-state index contributed by atoms with van der Waals surface area (Å²) < 4.78 is 0. The molecule has 0 bridgehead atoms. The quantitative estimate of drug-likeness (QED) is 0.493. The number of hydrogen-bond acceptors (Lipinski definition) is 5. The van der Waals surface area contributed by atoms with Gasteiger partial charge in [-0.1, -0.05) is 13.8 Å². The molecule has 0 spiro atoms. The highest BCUT2D eigenvalue weighted by Gasteiger charge is 2.19. The number of hydrogen-bond donors (Lipinski definition) is 4. The maximum atomic E-state index is 11.9. The van der Waals surface area contributed by atoms with Crippen molar-refractivity contribution < 1.29 is 11.0 Å². The Kier molecular flexibility index (Phi) is 6.89. The van der Waals surface area contributed by atoms with Crippen molar-refractivity contribution in [2.24, 2.45) is 5.73 Å². The van der Waals surface area contributed by atoms with Crippen LogP contribution in [0.3, 0.4) is 0 Å². The Labute approximate surface area is 120 Å². The molecule has 1 heterocycles. The molecule has 1 aromatic rings. The number of rotatable bonds is 9. The molecule has 0 aliphatic rings. The molecule has 0 fully saturated rings. The summed E-state index contributed by atoms with van der Waals surface area (Å²) in [5, 5.41) is 5.77. The lowest BCUT2D eigenvalue weighted by molar-refractivity contribution is -0.123. The van der Waals surface area contributed by atoms with Gasteiger partial charge in [-0.15, -0.1) is 0 Å². The number of amides is 1. The first-order valence-electron chi connectivity index (χ1n) is 6.85. The van der Waals surface area contributed by atoms with Crippen LogP contribution >= 0.6 is 0 Å². The number of nitrogens with two attached hydrogens (primary N) is 1. The summed E-state index contributed by atoms with van der Waals surface area (Å²) in [5.74, 6) is -0.194. The zero-order chi connectivity index (χ0) is 15.0. The van der Waals surface area contributed by atoms with Gasteiger partial charge in [-0.25, -0.2) is 4.98 Å². The van der Waals surface area contributed by atoms with Crippen LogP contribution in [0.15, 0.2) is 12.5 Å². The van der Waals surface area contributed by atoms with E-state index in [4.69, 9.17) is 5.73 Å². The number of likely N-dealkylation sites (N-methyl/N-ethyl adjacent to an activating group) is 1. The first-order valence-corrected chi connectivity index (χ1v) is 6.85. The summed E-state index contributed by atoms with van der Waals surface area (Å²) in [4.78, 5) is 30.3. The Morgan fingerprint density at radius 2 is 2.25 bits per heavy atom. The number of Topliss-reactive ketones (excluding diaryl/α,β-unsaturated/α-hetero) is 1. The smallest absolute Gasteiger partial charge is 0.237 e. The van der Waals surface area contributed by atoms with E-state index in [1.54, 1.807) is 19.4 Å². The van der Waals surface area contributed by atoms with Gasteiger partial charge in [0.15, 0.2) is 5.78 Å². The van der Waals surface area contributed by atoms with Crippen LogP contribution < -0.4 is 16.4 Å². The summed E-state index contributed by atoms with van der Waals surface area (Å²) in [7, 11) is 0. The van der Waals surface area contributed by atoms with E-state index in [1.165, 1.54) is 0 Å². The molecule has 1 aromatic heterocycles. The monoisotopic (exact) mass is 284 g/mol. The second-order valence-electron chi connectivity index (χ2n) is 4.56. The SMILES string of the molecule is CCN[C@@H](CNC(=O)C(N)Cc1cnc[nH]1)C(=O)CC.[2HH]. The van der Waals surface area contributed by atoms with Crippen LogP contribution in [0.4, 0.5) is 0 Å². The molecule has 1 rings (SSSR count). The lowest BCUT2D eigenvalue weighted by Gasteiger charge is -2.18. The average Bonchev–Trinajstić information content (AvgIpc) is 2.94. The molecule has 114 valence electrons. The number of carbonyl (C=O) groups is 2. The predicted molar refractivity (Wildman–Crippen MR) is 78.2 cm³/mol. The van der Waals surface area contributed by atoms with E-state index in [-0.39, 0.29) is 25.7 Å². The molecule has 0 aromatic carbocycles. The van der Waals surface area contributed by atoms with E-state index in [1.807, 2.05) is 6.92 Å². The van der Waals surface area contributed by atoms with Crippen molar-refractivity contribution in [1.29, 1.82) is 0 Å². The molecule has 0 saturated heterocycles. The number of aromatic nitrogens is 2. The highest BCUT2D eigenvalue weighted by molar-refractivity contribution is 5.86. The van der Waals surface area contributed by atoms with Crippen molar-refractivity contribution in [2.45, 2.75) is 38.8 Å². The van der Waals surface area contributed by atoms with Gasteiger partial charge in [-0.05, 0) is 6.54 Å². The van der Waals surface area contributed by atoms with Crippen molar-refractivity contribution >= 4 is 11.7 Å². The highest BCUT2D eigenvalue weighted by Crippen LogP contribution is 1.97. The summed E-state index contributed by atoms with van der Waals surface area (Å²) in [6, 6.07) is -1.01. The molecule has 20 heavy (non-hydrogen) atoms. The minimum atomic E-state index is -0.658. The van der Waals surface area contributed by atoms with Crippen molar-refractivity contribution in [3.05, 3.63) is 18.2 Å². The number of H-pyrrole nitrogens is 1. The van der Waals surface area contributed by atoms with E-state index in [0.717, 1.165) is 5.69 Å². The number of nitrogens with one attached hydrogen (secondary N) is 3. The average molecular weight is 284 g/mol. The molecule has 0 aliphatic heterocycles. The Bertz CT molecular complexity index is 424. The van der Waals surface area contributed by atoms with Gasteiger partial charge in [0, 0.05) is 32.7 Å². The molecule has 5 N–H and O–H groups in total. The third-order valence-corrected chi connectivity index (χ3v) is 3.00. The second-order valence-corrected chi connectivity index (χ2v) is 4.56. The van der Waals surface area contributed by atoms with Crippen LogP contribution in [0.5, 0.6) is 0 Å². The van der Waals surface area contributed by atoms with Gasteiger partial charge in [-0.2, -0.15) is 0 Å². The molecular weight excluding hydrogens is 258 g/mol. The minimum Gasteiger partial charge on any atom is -0.353 e. The van der Waals surface area contributed by atoms with Gasteiger partial charge in [0.05, 0.1) is 18.4 Å². The van der Waals surface area contributed by atoms with E-state index in [2.05, 4.69) is 20.6 Å². The molecule has 1 amide bonds. The van der Waals surface area contributed by atoms with Gasteiger partial charge in [0.25, 0.3) is 0 Å². The molecule has 0 radical (unpaired) electrons. The van der Waals surface area contributed by atoms with Gasteiger partial charge < -0.3 is 21.4 Å². The molecule has 0 aliphatic carbocycles. The zero-order valence-corrected chi connectivity index (χ0v) is 12.0. The van der Waals surface area contributed by atoms with E-state index >= 15 is 0 Å². The van der Waals surface area contributed by atoms with Gasteiger partial charge in [0.1, 0.15) is 0 Å². The number of nitrogens with zero attached hydrogens (tertiary/aromatic N) is 1. The molecule has 7 nitrogen and oxygen atoms in total. The molecule has 2 atom stereocenters. The highest BCUT2D eigenvalue weighted by atomic mass is 16.2. The van der Waals surface area contributed by atoms with Crippen molar-refractivity contribution in [2.75, 3.05) is 13.1 Å². The maximum absolute atomic E-state index is 11.9. The van der Waals surface area contributed by atoms with Gasteiger partial charge in [0.2, 0.25) is 5.91 Å². The first kappa shape index (κ1) is 16.3. The van der Waals surface area contributed by atoms with E-state index in [9.17, 15) is 9.59 Å². The maximum Gasteiger partial charge on any atom is 0.237 e. The van der Waals surface area contributed by atoms with Crippen LogP contribution in [0, 0.1) is 0 Å². The first-order chi connectivity index (χ1) is 9.58. The summed E-state index contributed by atoms with van der Waals surface area (Å²) >= 11 is 0. The Morgan fingerprint density at radius 3 is 2.80 bits per heavy atom. The fourth-order valence-corrected chi connectivity index (χ4v) is 1.85. The molecular formula is C13H25N5O2. The number of aromatic amines is 1. The topological polar surface area (TPSA) is 113 Å². The normalized spacial score (nSPS) is 13.8. The zero-order valence-electron chi connectivity index (χ0n) is 12.0. The number of carbonyl (C=O) groups excluding carboxylic acids is 2. The summed E-state index contributed by atoms with van der Waals surface area (Å²) in [5.41, 5.74) is 6.62. The van der Waals surface area contributed by atoms with Crippen molar-refractivity contribution in [3.8, 4) is 0 Å². The van der Waals surface area contributed by atoms with Crippen LogP contribution in [0.2, 0.25) is 0 Å². The summed E-state index contributed by atoms with van der Waals surface area (Å²) in [6.45, 7) is 4.66. The number of ketones is 1. The van der Waals surface area contributed by atoms with Gasteiger partial charge in [-0.3, -0.25) is 9.59 Å². The standard InChI is InChI=1S/C13H23N5O2.H2/c1-3-12(19)11(16-4-2)7-17-13(20)10(14)5-9-6-15-8-18-9;/h6,8,10-11,16H,3-5,7,14H2,1-2H3,(H,15,18)(H,17,20);1H/t10?,11-;/m0./s1/i;1+1. The lowest BCUT2D eigenvalue weighted by Crippen LogP contribution is -2.50. The fraction of sp³-hybridized carbons (Fsp3) is 0.615. The van der Waals surface area contributed by atoms with E-state index < -0.39 is 6.04 Å². The Hall–Kier alpha value is -1.73. The Morgan fingerprint density at radius 1 is 1.50 bits per heavy atom. The lowest BCUT2D eigenvalue weighted by atomic mass is 10.1. The predicted octanol–water partition coefficient (Wildman–Crippen LogP) is -0.401. The summed E-state index contributed by atoms with van der Waals surface area (Å²) in [6.07, 6.45) is 4.00. The third kappa shape index (κ3) is 5.10. The molecule has 7 heteroatoms. The second kappa shape index (κ2) is 8.44. The van der Waals surface area contributed by atoms with Crippen LogP contribution in [0.25, 0.3) is 0 Å². The van der Waals surface area contributed by atoms with Crippen LogP contribution in [-0.4, -0.2) is 46.8 Å². The molecule has 1 unspecified atom stereocenters. The largest absolute Gasteiger partial charge is 0.353 e. The van der Waals surface area contributed by atoms with E-state index in [0.29, 0.717) is 19.4 Å².